The molecule has 0 bridgehead atoms. The lowest BCUT2D eigenvalue weighted by Crippen LogP contribution is -2.33. The second kappa shape index (κ2) is 14.3. The number of aromatic nitrogens is 1. The molecule has 2 amide bonds. The van der Waals surface area contributed by atoms with E-state index in [0.717, 1.165) is 67.8 Å². The maximum absolute atomic E-state index is 13.2. The van der Waals surface area contributed by atoms with Gasteiger partial charge >= 0.3 is 0 Å². The van der Waals surface area contributed by atoms with Gasteiger partial charge in [-0.05, 0) is 74.4 Å². The van der Waals surface area contributed by atoms with Gasteiger partial charge in [0.05, 0.1) is 5.69 Å². The molecule has 1 aromatic heterocycles. The van der Waals surface area contributed by atoms with Crippen LogP contribution in [0.25, 0.3) is 0 Å². The van der Waals surface area contributed by atoms with E-state index < -0.39 is 0 Å². The summed E-state index contributed by atoms with van der Waals surface area (Å²) in [6, 6.07) is 5.79. The molecule has 2 aromatic rings. The number of hydrogen-bond acceptors (Lipinski definition) is 5. The fourth-order valence-electron chi connectivity index (χ4n) is 4.91. The second-order valence-corrected chi connectivity index (χ2v) is 11.3. The summed E-state index contributed by atoms with van der Waals surface area (Å²) in [4.78, 5) is 30.2. The monoisotopic (exact) mass is 510 g/mol. The van der Waals surface area contributed by atoms with Gasteiger partial charge in [-0.2, -0.15) is 0 Å². The second-order valence-electron chi connectivity index (χ2n) is 11.3. The highest BCUT2D eigenvalue weighted by Gasteiger charge is 2.20. The van der Waals surface area contributed by atoms with Gasteiger partial charge in [-0.3, -0.25) is 14.5 Å². The lowest BCUT2D eigenvalue weighted by molar-refractivity contribution is -0.116. The molecule has 0 spiro atoms. The average molecular weight is 511 g/mol. The van der Waals surface area contributed by atoms with Gasteiger partial charge in [0.15, 0.2) is 0 Å². The lowest BCUT2D eigenvalue weighted by atomic mass is 10.0. The van der Waals surface area contributed by atoms with Gasteiger partial charge in [0.2, 0.25) is 5.91 Å². The minimum atomic E-state index is -0.131. The van der Waals surface area contributed by atoms with Gasteiger partial charge in [-0.15, -0.1) is 0 Å². The van der Waals surface area contributed by atoms with Crippen LogP contribution < -0.4 is 10.2 Å². The van der Waals surface area contributed by atoms with Gasteiger partial charge < -0.3 is 14.7 Å². The Morgan fingerprint density at radius 2 is 1.76 bits per heavy atom. The SMILES string of the molecule is CC(=O)N1CCCCCCCN(CCC(C)C)Cc2cc(C(=O)NCc3conc3CC(C)C)ccc21. The number of hydrogen-bond donors (Lipinski definition) is 1. The fourth-order valence-corrected chi connectivity index (χ4v) is 4.91. The van der Waals surface area contributed by atoms with Crippen molar-refractivity contribution in [1.29, 1.82) is 0 Å². The Labute approximate surface area is 223 Å². The van der Waals surface area contributed by atoms with Crippen molar-refractivity contribution in [2.45, 2.75) is 92.7 Å². The first-order valence-corrected chi connectivity index (χ1v) is 14.1. The van der Waals surface area contributed by atoms with Crippen LogP contribution in [0.2, 0.25) is 0 Å². The van der Waals surface area contributed by atoms with Crippen molar-refractivity contribution in [3.63, 3.8) is 0 Å². The summed E-state index contributed by atoms with van der Waals surface area (Å²) in [6.45, 7) is 14.3. The van der Waals surface area contributed by atoms with Crippen molar-refractivity contribution >= 4 is 17.5 Å². The normalized spacial score (nSPS) is 15.8. The highest BCUT2D eigenvalue weighted by atomic mass is 16.5. The molecule has 0 atom stereocenters. The average Bonchev–Trinajstić information content (AvgIpc) is 3.27. The minimum Gasteiger partial charge on any atom is -0.364 e. The molecule has 204 valence electrons. The summed E-state index contributed by atoms with van der Waals surface area (Å²) in [5.41, 5.74) is 4.39. The topological polar surface area (TPSA) is 78.7 Å². The molecule has 1 N–H and O–H groups in total. The molecule has 7 heteroatoms. The van der Waals surface area contributed by atoms with Gasteiger partial charge in [-0.1, -0.05) is 52.1 Å². The Kier molecular flexibility index (Phi) is 11.2. The van der Waals surface area contributed by atoms with Crippen LogP contribution in [0.3, 0.4) is 0 Å². The molecule has 1 aliphatic rings. The van der Waals surface area contributed by atoms with Crippen LogP contribution in [0.1, 0.15) is 100 Å². The number of benzene rings is 1. The molecule has 1 aliphatic heterocycles. The number of fused-ring (bicyclic) bond motifs is 1. The molecule has 7 nitrogen and oxygen atoms in total. The van der Waals surface area contributed by atoms with E-state index in [4.69, 9.17) is 4.52 Å². The summed E-state index contributed by atoms with van der Waals surface area (Å²) in [5, 5.41) is 7.15. The molecule has 0 radical (unpaired) electrons. The number of carbonyl (C=O) groups is 2. The third kappa shape index (κ3) is 8.99. The highest BCUT2D eigenvalue weighted by Crippen LogP contribution is 2.26. The van der Waals surface area contributed by atoms with E-state index in [0.29, 0.717) is 30.5 Å². The van der Waals surface area contributed by atoms with Crippen LogP contribution in [0, 0.1) is 11.8 Å². The van der Waals surface area contributed by atoms with E-state index in [2.05, 4.69) is 43.1 Å². The molecular weight excluding hydrogens is 464 g/mol. The molecule has 0 aliphatic carbocycles. The van der Waals surface area contributed by atoms with E-state index in [1.54, 1.807) is 13.2 Å². The van der Waals surface area contributed by atoms with Gasteiger partial charge in [0.1, 0.15) is 6.26 Å². The van der Waals surface area contributed by atoms with Crippen LogP contribution in [-0.2, 0) is 24.3 Å². The number of anilines is 1. The maximum atomic E-state index is 13.2. The van der Waals surface area contributed by atoms with E-state index in [1.165, 1.54) is 19.3 Å². The zero-order valence-electron chi connectivity index (χ0n) is 23.5. The van der Waals surface area contributed by atoms with E-state index in [9.17, 15) is 9.59 Å². The molecule has 37 heavy (non-hydrogen) atoms. The molecule has 3 rings (SSSR count). The molecule has 0 fully saturated rings. The van der Waals surface area contributed by atoms with E-state index in [1.807, 2.05) is 23.1 Å². The van der Waals surface area contributed by atoms with Crippen molar-refractivity contribution in [2.24, 2.45) is 11.8 Å². The quantitative estimate of drug-likeness (QED) is 0.473. The first-order valence-electron chi connectivity index (χ1n) is 14.1. The molecule has 0 saturated heterocycles. The van der Waals surface area contributed by atoms with Crippen LogP contribution in [0.15, 0.2) is 29.0 Å². The Hall–Kier alpha value is -2.67. The largest absolute Gasteiger partial charge is 0.364 e. The number of nitrogens with zero attached hydrogens (tertiary/aromatic N) is 3. The summed E-state index contributed by atoms with van der Waals surface area (Å²) in [7, 11) is 0. The first-order chi connectivity index (χ1) is 17.7. The molecular formula is C30H46N4O3. The first kappa shape index (κ1) is 28.9. The van der Waals surface area contributed by atoms with E-state index >= 15 is 0 Å². The standard InChI is InChI=1S/C30H46N4O3/c1-22(2)13-16-33-14-9-7-6-8-10-15-34(24(5)35)29-12-11-25(18-26(29)20-33)30(36)31-19-27-21-37-32-28(27)17-23(3)4/h11-12,18,21-23H,6-10,13-17,19-20H2,1-5H3,(H,31,36). The summed E-state index contributed by atoms with van der Waals surface area (Å²) in [5.74, 6) is 1.01. The minimum absolute atomic E-state index is 0.0504. The zero-order chi connectivity index (χ0) is 26.8. The Balaban J connectivity index is 1.85. The predicted molar refractivity (Wildman–Crippen MR) is 149 cm³/mol. The van der Waals surface area contributed by atoms with Crippen LogP contribution >= 0.6 is 0 Å². The van der Waals surface area contributed by atoms with Gasteiger partial charge in [-0.25, -0.2) is 0 Å². The van der Waals surface area contributed by atoms with Crippen molar-refractivity contribution in [3.8, 4) is 0 Å². The third-order valence-corrected chi connectivity index (χ3v) is 7.05. The Morgan fingerprint density at radius 3 is 2.46 bits per heavy atom. The smallest absolute Gasteiger partial charge is 0.251 e. The predicted octanol–water partition coefficient (Wildman–Crippen LogP) is 5.97. The third-order valence-electron chi connectivity index (χ3n) is 7.05. The number of rotatable bonds is 8. The van der Waals surface area contributed by atoms with Crippen LogP contribution in [-0.4, -0.2) is 41.5 Å². The van der Waals surface area contributed by atoms with Crippen molar-refractivity contribution < 1.29 is 14.1 Å². The maximum Gasteiger partial charge on any atom is 0.251 e. The number of carbonyl (C=O) groups excluding carboxylic acids is 2. The highest BCUT2D eigenvalue weighted by molar-refractivity contribution is 5.97. The molecule has 0 unspecified atom stereocenters. The van der Waals surface area contributed by atoms with Crippen LogP contribution in [0.5, 0.6) is 0 Å². The molecule has 0 saturated carbocycles. The van der Waals surface area contributed by atoms with Crippen LogP contribution in [0.4, 0.5) is 5.69 Å². The zero-order valence-corrected chi connectivity index (χ0v) is 23.5. The summed E-state index contributed by atoms with van der Waals surface area (Å²) >= 11 is 0. The van der Waals surface area contributed by atoms with Gasteiger partial charge in [0, 0.05) is 43.4 Å². The Bertz CT molecular complexity index is 1010. The Morgan fingerprint density at radius 1 is 1.03 bits per heavy atom. The lowest BCUT2D eigenvalue weighted by Gasteiger charge is -2.29. The van der Waals surface area contributed by atoms with Gasteiger partial charge in [0.25, 0.3) is 5.91 Å². The number of nitrogens with one attached hydrogen (secondary N) is 1. The fraction of sp³-hybridized carbons (Fsp3) is 0.633. The van der Waals surface area contributed by atoms with Crippen molar-refractivity contribution in [2.75, 3.05) is 24.5 Å². The summed E-state index contributed by atoms with van der Waals surface area (Å²) < 4.78 is 5.17. The van der Waals surface area contributed by atoms with Crippen molar-refractivity contribution in [1.82, 2.24) is 15.4 Å². The number of amides is 2. The molecule has 2 heterocycles. The van der Waals surface area contributed by atoms with Crippen molar-refractivity contribution in [3.05, 3.63) is 46.8 Å². The molecule has 1 aromatic carbocycles. The summed E-state index contributed by atoms with van der Waals surface area (Å²) in [6.07, 6.45) is 9.30. The van der Waals surface area contributed by atoms with E-state index in [-0.39, 0.29) is 11.8 Å².